The quantitative estimate of drug-likeness (QED) is 0.806. The Morgan fingerprint density at radius 1 is 1.31 bits per heavy atom. The van der Waals surface area contributed by atoms with Gasteiger partial charge in [0.1, 0.15) is 5.60 Å². The number of benzene rings is 1. The molecule has 1 rings (SSSR count). The van der Waals surface area contributed by atoms with Crippen molar-refractivity contribution in [2.45, 2.75) is 26.4 Å². The summed E-state index contributed by atoms with van der Waals surface area (Å²) in [6.45, 7) is 5.85. The van der Waals surface area contributed by atoms with Gasteiger partial charge in [-0.25, -0.2) is 0 Å². The first-order valence-electron chi connectivity index (χ1n) is 4.06. The molecule has 0 amide bonds. The smallest absolute Gasteiger partial charge is 0.171 e. The highest BCUT2D eigenvalue weighted by Crippen LogP contribution is 2.32. The minimum absolute atomic E-state index is 0.220. The van der Waals surface area contributed by atoms with Crippen molar-refractivity contribution in [3.05, 3.63) is 21.8 Å². The van der Waals surface area contributed by atoms with E-state index in [1.54, 1.807) is 6.07 Å². The third-order valence-corrected chi connectivity index (χ3v) is 2.24. The minimum Gasteiger partial charge on any atom is -0.504 e. The van der Waals surface area contributed by atoms with Gasteiger partial charge in [0.2, 0.25) is 0 Å². The summed E-state index contributed by atoms with van der Waals surface area (Å²) in [6, 6.07) is 5.47. The van der Waals surface area contributed by atoms with E-state index >= 15 is 0 Å². The molecule has 0 aromatic heterocycles. The minimum atomic E-state index is -0.276. The summed E-state index contributed by atoms with van der Waals surface area (Å²) in [4.78, 5) is 0. The largest absolute Gasteiger partial charge is 0.504 e. The van der Waals surface area contributed by atoms with Crippen LogP contribution in [0.1, 0.15) is 20.8 Å². The zero-order chi connectivity index (χ0) is 10.1. The molecule has 1 aromatic rings. The zero-order valence-electron chi connectivity index (χ0n) is 7.97. The molecule has 1 aromatic carbocycles. The van der Waals surface area contributed by atoms with Crippen LogP contribution in [0.4, 0.5) is 0 Å². The Balaban J connectivity index is 2.96. The molecule has 72 valence electrons. The summed E-state index contributed by atoms with van der Waals surface area (Å²) in [7, 11) is 0. The normalized spacial score (nSPS) is 11.4. The lowest BCUT2D eigenvalue weighted by Gasteiger charge is -2.21. The van der Waals surface area contributed by atoms with Gasteiger partial charge >= 0.3 is 0 Å². The number of ether oxygens (including phenoxy) is 1. The highest BCUT2D eigenvalue weighted by atomic mass is 127. The molecular weight excluding hydrogens is 279 g/mol. The number of para-hydroxylation sites is 1. The van der Waals surface area contributed by atoms with E-state index in [4.69, 9.17) is 4.74 Å². The van der Waals surface area contributed by atoms with Crippen molar-refractivity contribution in [2.75, 3.05) is 0 Å². The third kappa shape index (κ3) is 3.06. The van der Waals surface area contributed by atoms with Gasteiger partial charge in [0, 0.05) is 0 Å². The lowest BCUT2D eigenvalue weighted by Crippen LogP contribution is -2.23. The lowest BCUT2D eigenvalue weighted by molar-refractivity contribution is 0.125. The molecule has 2 nitrogen and oxygen atoms in total. The number of aromatic hydroxyl groups is 1. The summed E-state index contributed by atoms with van der Waals surface area (Å²) < 4.78 is 6.36. The first kappa shape index (κ1) is 10.6. The van der Waals surface area contributed by atoms with Crippen molar-refractivity contribution in [3.63, 3.8) is 0 Å². The fourth-order valence-electron chi connectivity index (χ4n) is 0.908. The monoisotopic (exact) mass is 292 g/mol. The van der Waals surface area contributed by atoms with E-state index in [1.807, 2.05) is 32.9 Å². The van der Waals surface area contributed by atoms with Gasteiger partial charge in [-0.15, -0.1) is 0 Å². The van der Waals surface area contributed by atoms with Crippen molar-refractivity contribution in [1.29, 1.82) is 0 Å². The molecule has 0 radical (unpaired) electrons. The second-order valence-corrected chi connectivity index (χ2v) is 4.96. The predicted octanol–water partition coefficient (Wildman–Crippen LogP) is 3.17. The van der Waals surface area contributed by atoms with Crippen LogP contribution in [0.5, 0.6) is 11.5 Å². The molecule has 0 aliphatic rings. The second-order valence-electron chi connectivity index (χ2n) is 3.80. The molecule has 0 aliphatic heterocycles. The summed E-state index contributed by atoms with van der Waals surface area (Å²) in [5.74, 6) is 0.762. The van der Waals surface area contributed by atoms with Gasteiger partial charge in [-0.05, 0) is 55.5 Å². The van der Waals surface area contributed by atoms with Crippen LogP contribution in [-0.4, -0.2) is 10.7 Å². The van der Waals surface area contributed by atoms with Gasteiger partial charge in [0.15, 0.2) is 11.5 Å². The van der Waals surface area contributed by atoms with Crippen LogP contribution in [-0.2, 0) is 0 Å². The maximum atomic E-state index is 9.63. The van der Waals surface area contributed by atoms with E-state index in [9.17, 15) is 5.11 Å². The molecule has 3 heteroatoms. The molecular formula is C10H13IO2. The zero-order valence-corrected chi connectivity index (χ0v) is 10.1. The first-order chi connectivity index (χ1) is 5.90. The van der Waals surface area contributed by atoms with Crippen LogP contribution in [0.3, 0.4) is 0 Å². The topological polar surface area (TPSA) is 29.5 Å². The Labute approximate surface area is 92.1 Å². The molecule has 0 fully saturated rings. The fourth-order valence-corrected chi connectivity index (χ4v) is 1.38. The molecule has 13 heavy (non-hydrogen) atoms. The number of hydrogen-bond donors (Lipinski definition) is 1. The maximum absolute atomic E-state index is 9.63. The predicted molar refractivity (Wildman–Crippen MR) is 61.2 cm³/mol. The molecule has 0 atom stereocenters. The van der Waals surface area contributed by atoms with Crippen molar-refractivity contribution >= 4 is 22.6 Å². The Bertz CT molecular complexity index is 302. The summed E-state index contributed by atoms with van der Waals surface area (Å²) in [5.41, 5.74) is -0.276. The number of halogens is 1. The number of phenolic OH excluding ortho intramolecular Hbond substituents is 1. The van der Waals surface area contributed by atoms with Crippen molar-refractivity contribution in [1.82, 2.24) is 0 Å². The molecule has 0 heterocycles. The Kier molecular flexibility index (Phi) is 3.05. The number of hydrogen-bond acceptors (Lipinski definition) is 2. The van der Waals surface area contributed by atoms with Gasteiger partial charge in [0.25, 0.3) is 0 Å². The summed E-state index contributed by atoms with van der Waals surface area (Å²) in [6.07, 6.45) is 0. The molecule has 0 aliphatic carbocycles. The van der Waals surface area contributed by atoms with Gasteiger partial charge in [-0.3, -0.25) is 0 Å². The van der Waals surface area contributed by atoms with E-state index in [0.29, 0.717) is 5.75 Å². The van der Waals surface area contributed by atoms with Gasteiger partial charge < -0.3 is 9.84 Å². The SMILES string of the molecule is CC(C)(C)Oc1cccc(I)c1O. The van der Waals surface area contributed by atoms with Crippen LogP contribution in [0.2, 0.25) is 0 Å². The van der Waals surface area contributed by atoms with E-state index in [1.165, 1.54) is 0 Å². The van der Waals surface area contributed by atoms with Crippen molar-refractivity contribution in [3.8, 4) is 11.5 Å². The van der Waals surface area contributed by atoms with Gasteiger partial charge in [-0.1, -0.05) is 6.07 Å². The Morgan fingerprint density at radius 3 is 2.46 bits per heavy atom. The van der Waals surface area contributed by atoms with Crippen molar-refractivity contribution < 1.29 is 9.84 Å². The number of phenols is 1. The summed E-state index contributed by atoms with van der Waals surface area (Å²) in [5, 5.41) is 9.63. The highest BCUT2D eigenvalue weighted by Gasteiger charge is 2.15. The molecule has 0 unspecified atom stereocenters. The van der Waals surface area contributed by atoms with Crippen LogP contribution < -0.4 is 4.74 Å². The van der Waals surface area contributed by atoms with Crippen LogP contribution >= 0.6 is 22.6 Å². The fraction of sp³-hybridized carbons (Fsp3) is 0.400. The van der Waals surface area contributed by atoms with Gasteiger partial charge in [-0.2, -0.15) is 0 Å². The second kappa shape index (κ2) is 3.74. The summed E-state index contributed by atoms with van der Waals surface area (Å²) >= 11 is 2.07. The Hall–Kier alpha value is -0.450. The van der Waals surface area contributed by atoms with E-state index in [2.05, 4.69) is 22.6 Å². The van der Waals surface area contributed by atoms with E-state index < -0.39 is 0 Å². The van der Waals surface area contributed by atoms with Crippen molar-refractivity contribution in [2.24, 2.45) is 0 Å². The highest BCUT2D eigenvalue weighted by molar-refractivity contribution is 14.1. The average Bonchev–Trinajstić information content (AvgIpc) is 1.96. The third-order valence-electron chi connectivity index (χ3n) is 1.37. The molecule has 0 bridgehead atoms. The standard InChI is InChI=1S/C10H13IO2/c1-10(2,3)13-8-6-4-5-7(11)9(8)12/h4-6,12H,1-3H3. The molecule has 0 spiro atoms. The van der Waals surface area contributed by atoms with Crippen LogP contribution in [0, 0.1) is 3.57 Å². The molecule has 0 saturated carbocycles. The molecule has 1 N–H and O–H groups in total. The average molecular weight is 292 g/mol. The van der Waals surface area contributed by atoms with Crippen LogP contribution in [0.25, 0.3) is 0 Å². The molecule has 0 saturated heterocycles. The van der Waals surface area contributed by atoms with Gasteiger partial charge in [0.05, 0.1) is 3.57 Å². The van der Waals surface area contributed by atoms with E-state index in [-0.39, 0.29) is 11.4 Å². The lowest BCUT2D eigenvalue weighted by atomic mass is 10.2. The van der Waals surface area contributed by atoms with E-state index in [0.717, 1.165) is 3.57 Å². The first-order valence-corrected chi connectivity index (χ1v) is 5.14. The Morgan fingerprint density at radius 2 is 1.92 bits per heavy atom. The number of rotatable bonds is 1. The van der Waals surface area contributed by atoms with Crippen LogP contribution in [0.15, 0.2) is 18.2 Å². The maximum Gasteiger partial charge on any atom is 0.171 e.